The molecule has 0 saturated heterocycles. The molecule has 2 heteroatoms. The minimum atomic E-state index is -0.174. The van der Waals surface area contributed by atoms with Crippen molar-refractivity contribution in [2.45, 2.75) is 64.9 Å². The molecule has 120 valence electrons. The van der Waals surface area contributed by atoms with E-state index in [4.69, 9.17) is 0 Å². The third-order valence-electron chi connectivity index (χ3n) is 7.26. The zero-order valence-corrected chi connectivity index (χ0v) is 14.0. The molecule has 0 amide bonds. The first-order valence-electron chi connectivity index (χ1n) is 8.83. The molecule has 0 radical (unpaired) electrons. The van der Waals surface area contributed by atoms with Gasteiger partial charge < -0.3 is 10.2 Å². The molecule has 2 saturated carbocycles. The number of rotatable bonds is 0. The Hall–Kier alpha value is -1.02. The van der Waals surface area contributed by atoms with Crippen LogP contribution in [0.5, 0.6) is 5.75 Å². The molecular formula is C20H28O2. The quantitative estimate of drug-likeness (QED) is 0.752. The zero-order chi connectivity index (χ0) is 15.7. The molecular weight excluding hydrogens is 272 g/mol. The number of aliphatic hydroxyl groups excluding tert-OH is 1. The van der Waals surface area contributed by atoms with Crippen LogP contribution in [0, 0.1) is 22.7 Å². The fourth-order valence-corrected chi connectivity index (χ4v) is 6.21. The fraction of sp³-hybridized carbons (Fsp3) is 0.700. The summed E-state index contributed by atoms with van der Waals surface area (Å²) in [5.41, 5.74) is 2.96. The third kappa shape index (κ3) is 1.83. The van der Waals surface area contributed by atoms with Gasteiger partial charge in [0.2, 0.25) is 0 Å². The van der Waals surface area contributed by atoms with Gasteiger partial charge in [-0.2, -0.15) is 0 Å². The lowest BCUT2D eigenvalue weighted by Crippen LogP contribution is -2.45. The normalized spacial score (nSPS) is 42.4. The molecule has 0 heterocycles. The molecule has 3 aliphatic rings. The van der Waals surface area contributed by atoms with Gasteiger partial charge in [0.05, 0.1) is 6.10 Å². The van der Waals surface area contributed by atoms with Crippen LogP contribution < -0.4 is 0 Å². The second-order valence-electron chi connectivity index (χ2n) is 8.94. The van der Waals surface area contributed by atoms with E-state index in [1.165, 1.54) is 24.0 Å². The average molecular weight is 300 g/mol. The van der Waals surface area contributed by atoms with E-state index < -0.39 is 0 Å². The second kappa shape index (κ2) is 4.50. The van der Waals surface area contributed by atoms with Gasteiger partial charge in [0.25, 0.3) is 0 Å². The zero-order valence-electron chi connectivity index (χ0n) is 14.0. The maximum atomic E-state index is 10.9. The number of aromatic hydroxyl groups is 1. The fourth-order valence-electron chi connectivity index (χ4n) is 6.21. The van der Waals surface area contributed by atoms with Gasteiger partial charge in [-0.1, -0.05) is 26.8 Å². The van der Waals surface area contributed by atoms with Crippen molar-refractivity contribution in [1.29, 1.82) is 0 Å². The molecule has 0 bridgehead atoms. The molecule has 5 unspecified atom stereocenters. The molecule has 0 aromatic heterocycles. The molecule has 1 aromatic carbocycles. The van der Waals surface area contributed by atoms with Gasteiger partial charge in [-0.3, -0.25) is 0 Å². The van der Waals surface area contributed by atoms with E-state index in [1.807, 2.05) is 12.1 Å². The van der Waals surface area contributed by atoms with Crippen LogP contribution in [0.1, 0.15) is 63.5 Å². The van der Waals surface area contributed by atoms with E-state index in [0.29, 0.717) is 23.5 Å². The van der Waals surface area contributed by atoms with Crippen molar-refractivity contribution in [3.8, 4) is 5.75 Å². The molecule has 22 heavy (non-hydrogen) atoms. The first-order chi connectivity index (χ1) is 10.3. The topological polar surface area (TPSA) is 40.5 Å². The minimum Gasteiger partial charge on any atom is -0.508 e. The van der Waals surface area contributed by atoms with Crippen LogP contribution in [0.25, 0.3) is 0 Å². The summed E-state index contributed by atoms with van der Waals surface area (Å²) in [5, 5.41) is 20.6. The number of fused-ring (bicyclic) bond motifs is 5. The number of phenols is 1. The second-order valence-corrected chi connectivity index (χ2v) is 8.94. The first kappa shape index (κ1) is 14.6. The van der Waals surface area contributed by atoms with Crippen molar-refractivity contribution in [3.63, 3.8) is 0 Å². The summed E-state index contributed by atoms with van der Waals surface area (Å²) in [6.07, 6.45) is 5.58. The smallest absolute Gasteiger partial charge is 0.115 e. The molecule has 1 aromatic rings. The number of hydrogen-bond acceptors (Lipinski definition) is 2. The van der Waals surface area contributed by atoms with Crippen LogP contribution in [-0.2, 0) is 6.42 Å². The Labute approximate surface area is 133 Å². The van der Waals surface area contributed by atoms with Crippen molar-refractivity contribution in [3.05, 3.63) is 29.3 Å². The van der Waals surface area contributed by atoms with E-state index in [0.717, 1.165) is 19.3 Å². The maximum absolute atomic E-state index is 10.9. The third-order valence-corrected chi connectivity index (χ3v) is 7.26. The van der Waals surface area contributed by atoms with E-state index >= 15 is 0 Å². The van der Waals surface area contributed by atoms with Gasteiger partial charge in [0.15, 0.2) is 0 Å². The molecule has 2 fully saturated rings. The van der Waals surface area contributed by atoms with E-state index in [-0.39, 0.29) is 16.9 Å². The van der Waals surface area contributed by atoms with Crippen molar-refractivity contribution in [2.24, 2.45) is 22.7 Å². The van der Waals surface area contributed by atoms with Crippen LogP contribution in [-0.4, -0.2) is 16.3 Å². The summed E-state index contributed by atoms with van der Waals surface area (Å²) in [7, 11) is 0. The van der Waals surface area contributed by atoms with Crippen LogP contribution in [0.3, 0.4) is 0 Å². The SMILES string of the molecule is CC1(C)CC2C3CCc4cc(O)ccc4C3CCC2(C)C1O. The van der Waals surface area contributed by atoms with Crippen LogP contribution in [0.2, 0.25) is 0 Å². The summed E-state index contributed by atoms with van der Waals surface area (Å²) < 4.78 is 0. The highest BCUT2D eigenvalue weighted by Crippen LogP contribution is 2.65. The van der Waals surface area contributed by atoms with Gasteiger partial charge in [-0.15, -0.1) is 0 Å². The number of aryl methyl sites for hydroxylation is 1. The number of benzene rings is 1. The highest BCUT2D eigenvalue weighted by Gasteiger charge is 2.60. The Morgan fingerprint density at radius 1 is 1.14 bits per heavy atom. The van der Waals surface area contributed by atoms with Crippen molar-refractivity contribution < 1.29 is 10.2 Å². The van der Waals surface area contributed by atoms with E-state index in [2.05, 4.69) is 26.8 Å². The molecule has 4 rings (SSSR count). The van der Waals surface area contributed by atoms with E-state index in [9.17, 15) is 10.2 Å². The first-order valence-corrected chi connectivity index (χ1v) is 8.83. The van der Waals surface area contributed by atoms with Crippen molar-refractivity contribution in [2.75, 3.05) is 0 Å². The summed E-state index contributed by atoms with van der Waals surface area (Å²) >= 11 is 0. The average Bonchev–Trinajstić information content (AvgIpc) is 2.66. The Kier molecular flexibility index (Phi) is 2.98. The molecule has 3 aliphatic carbocycles. The highest BCUT2D eigenvalue weighted by atomic mass is 16.3. The van der Waals surface area contributed by atoms with Gasteiger partial charge in [0.1, 0.15) is 5.75 Å². The van der Waals surface area contributed by atoms with Crippen LogP contribution in [0.15, 0.2) is 18.2 Å². The predicted octanol–water partition coefficient (Wildman–Crippen LogP) is 4.25. The van der Waals surface area contributed by atoms with Gasteiger partial charge >= 0.3 is 0 Å². The number of phenolic OH excluding ortho intramolecular Hbond substituents is 1. The minimum absolute atomic E-state index is 0.0452. The van der Waals surface area contributed by atoms with Crippen molar-refractivity contribution >= 4 is 0 Å². The number of hydrogen-bond donors (Lipinski definition) is 2. The summed E-state index contributed by atoms with van der Waals surface area (Å²) in [5.74, 6) is 2.37. The summed E-state index contributed by atoms with van der Waals surface area (Å²) in [6, 6.07) is 5.97. The van der Waals surface area contributed by atoms with Crippen LogP contribution in [0.4, 0.5) is 0 Å². The summed E-state index contributed by atoms with van der Waals surface area (Å²) in [6.45, 7) is 6.82. The Bertz CT molecular complexity index is 606. The number of aliphatic hydroxyl groups is 1. The Balaban J connectivity index is 1.72. The molecule has 2 N–H and O–H groups in total. The highest BCUT2D eigenvalue weighted by molar-refractivity contribution is 5.40. The summed E-state index contributed by atoms with van der Waals surface area (Å²) in [4.78, 5) is 0. The predicted molar refractivity (Wildman–Crippen MR) is 87.9 cm³/mol. The lowest BCUT2D eigenvalue weighted by atomic mass is 9.55. The Morgan fingerprint density at radius 2 is 1.91 bits per heavy atom. The van der Waals surface area contributed by atoms with Gasteiger partial charge in [0, 0.05) is 0 Å². The molecule has 5 atom stereocenters. The van der Waals surface area contributed by atoms with Crippen LogP contribution >= 0.6 is 0 Å². The lowest BCUT2D eigenvalue weighted by molar-refractivity contribution is -0.0464. The molecule has 0 aliphatic heterocycles. The van der Waals surface area contributed by atoms with Crippen molar-refractivity contribution in [1.82, 2.24) is 0 Å². The van der Waals surface area contributed by atoms with Gasteiger partial charge in [-0.25, -0.2) is 0 Å². The molecule has 0 spiro atoms. The largest absolute Gasteiger partial charge is 0.508 e. The molecule has 2 nitrogen and oxygen atoms in total. The lowest BCUT2D eigenvalue weighted by Gasteiger charge is -2.50. The Morgan fingerprint density at radius 3 is 2.68 bits per heavy atom. The monoisotopic (exact) mass is 300 g/mol. The van der Waals surface area contributed by atoms with E-state index in [1.54, 1.807) is 0 Å². The van der Waals surface area contributed by atoms with Gasteiger partial charge in [-0.05, 0) is 83.9 Å². The maximum Gasteiger partial charge on any atom is 0.115 e. The standard InChI is InChI=1S/C20H28O2/c1-19(2)11-17-16-6-4-12-10-13(21)5-7-14(12)15(16)8-9-20(17,3)18(19)22/h5,7,10,15-18,21-22H,4,6,8-9,11H2,1-3H3.